The molecule has 0 aliphatic heterocycles. The highest BCUT2D eigenvalue weighted by Gasteiger charge is 2.59. The molecule has 0 saturated heterocycles. The lowest BCUT2D eigenvalue weighted by atomic mass is 9.41. The lowest BCUT2D eigenvalue weighted by Gasteiger charge is -2.63. The average Bonchev–Trinajstić information content (AvgIpc) is 3.25. The number of aromatic nitrogens is 4. The first kappa shape index (κ1) is 22.5. The van der Waals surface area contributed by atoms with E-state index in [4.69, 9.17) is 4.74 Å². The van der Waals surface area contributed by atoms with Crippen molar-refractivity contribution < 1.29 is 9.53 Å². The molecule has 4 fully saturated rings. The molecule has 34 heavy (non-hydrogen) atoms. The monoisotopic (exact) mass is 464 g/mol. The van der Waals surface area contributed by atoms with Crippen LogP contribution >= 0.6 is 0 Å². The van der Waals surface area contributed by atoms with Crippen molar-refractivity contribution >= 4 is 16.9 Å². The summed E-state index contributed by atoms with van der Waals surface area (Å²) in [4.78, 5) is 26.8. The molecule has 6 nitrogen and oxygen atoms in total. The number of fused-ring (bicyclic) bond motifs is 6. The Morgan fingerprint density at radius 1 is 0.971 bits per heavy atom. The quantitative estimate of drug-likeness (QED) is 0.568. The topological polar surface area (TPSA) is 69.9 Å². The van der Waals surface area contributed by atoms with E-state index in [1.807, 2.05) is 4.57 Å². The number of hydrogen-bond acceptors (Lipinski definition) is 5. The predicted molar refractivity (Wildman–Crippen MR) is 131 cm³/mol. The van der Waals surface area contributed by atoms with Crippen molar-refractivity contribution in [3.05, 3.63) is 12.7 Å². The second-order valence-corrected chi connectivity index (χ2v) is 12.3. The van der Waals surface area contributed by atoms with E-state index in [1.165, 1.54) is 70.5 Å². The third-order valence-electron chi connectivity index (χ3n) is 11.1. The van der Waals surface area contributed by atoms with E-state index < -0.39 is 0 Å². The number of methoxy groups -OCH3 is 1. The van der Waals surface area contributed by atoms with Crippen LogP contribution < -0.4 is 4.74 Å². The van der Waals surface area contributed by atoms with Crippen LogP contribution in [0.2, 0.25) is 0 Å². The van der Waals surface area contributed by atoms with Gasteiger partial charge in [0.15, 0.2) is 16.9 Å². The summed E-state index contributed by atoms with van der Waals surface area (Å²) in [7, 11) is 1.60. The van der Waals surface area contributed by atoms with Crippen molar-refractivity contribution in [3.63, 3.8) is 0 Å². The molecule has 0 bridgehead atoms. The number of ketones is 1. The molecule has 4 saturated carbocycles. The average molecular weight is 465 g/mol. The molecule has 6 rings (SSSR count). The summed E-state index contributed by atoms with van der Waals surface area (Å²) >= 11 is 0. The van der Waals surface area contributed by atoms with Crippen molar-refractivity contribution in [3.8, 4) is 5.88 Å². The maximum Gasteiger partial charge on any atom is 0.243 e. The zero-order chi connectivity index (χ0) is 23.5. The molecular formula is C28H40N4O2. The van der Waals surface area contributed by atoms with Gasteiger partial charge in [0.05, 0.1) is 20.0 Å². The largest absolute Gasteiger partial charge is 0.479 e. The Hall–Kier alpha value is -1.98. The second kappa shape index (κ2) is 8.30. The van der Waals surface area contributed by atoms with Gasteiger partial charge in [0.1, 0.15) is 6.33 Å². The van der Waals surface area contributed by atoms with Gasteiger partial charge in [-0.3, -0.25) is 4.79 Å². The number of imidazole rings is 1. The Morgan fingerprint density at radius 3 is 2.68 bits per heavy atom. The molecule has 2 aromatic heterocycles. The van der Waals surface area contributed by atoms with Crippen LogP contribution in [0.25, 0.3) is 11.2 Å². The summed E-state index contributed by atoms with van der Waals surface area (Å²) in [6.45, 7) is 5.45. The Bertz CT molecular complexity index is 1080. The molecule has 0 aromatic carbocycles. The third kappa shape index (κ3) is 3.26. The zero-order valence-electron chi connectivity index (χ0n) is 21.1. The van der Waals surface area contributed by atoms with Crippen LogP contribution in [0.5, 0.6) is 5.88 Å². The molecule has 6 heteroatoms. The van der Waals surface area contributed by atoms with Crippen molar-refractivity contribution in [1.82, 2.24) is 19.5 Å². The van der Waals surface area contributed by atoms with Crippen molar-refractivity contribution in [1.29, 1.82) is 0 Å². The molecule has 0 N–H and O–H groups in total. The van der Waals surface area contributed by atoms with E-state index in [0.717, 1.165) is 29.7 Å². The molecule has 4 aliphatic carbocycles. The molecule has 0 spiro atoms. The Kier molecular flexibility index (Phi) is 5.49. The number of hydrogen-bond donors (Lipinski definition) is 0. The minimum absolute atomic E-state index is 0.130. The van der Waals surface area contributed by atoms with Crippen LogP contribution in [0.15, 0.2) is 12.7 Å². The summed E-state index contributed by atoms with van der Waals surface area (Å²) in [6.07, 6.45) is 17.8. The minimum Gasteiger partial charge on any atom is -0.479 e. The molecule has 7 atom stereocenters. The molecule has 4 aliphatic rings. The highest BCUT2D eigenvalue weighted by molar-refractivity contribution is 5.84. The highest BCUT2D eigenvalue weighted by Crippen LogP contribution is 2.66. The van der Waals surface area contributed by atoms with E-state index in [2.05, 4.69) is 28.8 Å². The summed E-state index contributed by atoms with van der Waals surface area (Å²) in [5.74, 6) is 4.31. The predicted octanol–water partition coefficient (Wildman–Crippen LogP) is 5.84. The van der Waals surface area contributed by atoms with Gasteiger partial charge in [0.25, 0.3) is 0 Å². The van der Waals surface area contributed by atoms with Crippen LogP contribution in [0, 0.1) is 40.4 Å². The first-order chi connectivity index (χ1) is 16.5. The molecule has 0 radical (unpaired) electrons. The maximum atomic E-state index is 13.9. The molecule has 2 aromatic rings. The number of ether oxygens (including phenoxy) is 1. The van der Waals surface area contributed by atoms with Gasteiger partial charge in [0.2, 0.25) is 5.88 Å². The number of Topliss-reactive ketones (excluding diaryl/α,β-unsaturated/α-hetero) is 1. The van der Waals surface area contributed by atoms with Crippen molar-refractivity contribution in [2.45, 2.75) is 91.0 Å². The zero-order valence-corrected chi connectivity index (χ0v) is 21.1. The SMILES string of the molecule is COc1ncnc2ncn(CC(=O)[C@H]3CCCC4[C@@H]5CCC6CCCC[C@]6(C)C5CC[C@@]43C)c12. The molecule has 0 amide bonds. The number of carbonyl (C=O) groups excluding carboxylic acids is 1. The van der Waals surface area contributed by atoms with Crippen LogP contribution in [-0.4, -0.2) is 32.4 Å². The van der Waals surface area contributed by atoms with Gasteiger partial charge in [-0.05, 0) is 85.9 Å². The van der Waals surface area contributed by atoms with Gasteiger partial charge in [-0.1, -0.05) is 33.1 Å². The normalized spacial score (nSPS) is 39.7. The molecule has 3 unspecified atom stereocenters. The van der Waals surface area contributed by atoms with Gasteiger partial charge in [-0.2, -0.15) is 4.98 Å². The van der Waals surface area contributed by atoms with E-state index >= 15 is 0 Å². The molecule has 2 heterocycles. The first-order valence-electron chi connectivity index (χ1n) is 13.7. The van der Waals surface area contributed by atoms with Crippen LogP contribution in [0.3, 0.4) is 0 Å². The summed E-state index contributed by atoms with van der Waals surface area (Å²) in [6, 6.07) is 0. The van der Waals surface area contributed by atoms with Crippen molar-refractivity contribution in [2.24, 2.45) is 40.4 Å². The Morgan fingerprint density at radius 2 is 1.82 bits per heavy atom. The van der Waals surface area contributed by atoms with Crippen LogP contribution in [0.4, 0.5) is 0 Å². The minimum atomic E-state index is 0.130. The second-order valence-electron chi connectivity index (χ2n) is 12.3. The van der Waals surface area contributed by atoms with E-state index in [9.17, 15) is 4.79 Å². The van der Waals surface area contributed by atoms with Gasteiger partial charge in [-0.25, -0.2) is 9.97 Å². The maximum absolute atomic E-state index is 13.9. The van der Waals surface area contributed by atoms with Gasteiger partial charge in [-0.15, -0.1) is 0 Å². The van der Waals surface area contributed by atoms with Gasteiger partial charge < -0.3 is 9.30 Å². The van der Waals surface area contributed by atoms with E-state index in [-0.39, 0.29) is 11.3 Å². The summed E-state index contributed by atoms with van der Waals surface area (Å²) in [5.41, 5.74) is 1.99. The number of carbonyl (C=O) groups is 1. The van der Waals surface area contributed by atoms with E-state index in [1.54, 1.807) is 13.4 Å². The Balaban J connectivity index is 1.26. The standard InChI is InChI=1S/C28H40N4O2/c1-27-13-5-4-7-18(27)10-11-19-20-8-6-9-22(28(20,2)14-12-21(19)27)23(33)15-32-17-31-25-24(32)26(34-3)30-16-29-25/h16-22H,4-15H2,1-3H3/t18?,19-,20?,21?,22+,27-,28-/m0/s1. The fourth-order valence-electron chi connectivity index (χ4n) is 9.45. The summed E-state index contributed by atoms with van der Waals surface area (Å²) in [5, 5.41) is 0. The van der Waals surface area contributed by atoms with Gasteiger partial charge >= 0.3 is 0 Å². The lowest BCUT2D eigenvalue weighted by molar-refractivity contribution is -0.155. The smallest absolute Gasteiger partial charge is 0.243 e. The summed E-state index contributed by atoms with van der Waals surface area (Å²) < 4.78 is 7.35. The number of nitrogens with zero attached hydrogens (tertiary/aromatic N) is 4. The third-order valence-corrected chi connectivity index (χ3v) is 11.1. The van der Waals surface area contributed by atoms with E-state index in [0.29, 0.717) is 35.2 Å². The molecular weight excluding hydrogens is 424 g/mol. The van der Waals surface area contributed by atoms with Crippen LogP contribution in [0.1, 0.15) is 84.5 Å². The molecule has 184 valence electrons. The Labute approximate surface area is 203 Å². The number of rotatable bonds is 4. The lowest BCUT2D eigenvalue weighted by Crippen LogP contribution is -2.56. The highest BCUT2D eigenvalue weighted by atomic mass is 16.5. The first-order valence-corrected chi connectivity index (χ1v) is 13.7. The fraction of sp³-hybridized carbons (Fsp3) is 0.786. The fourth-order valence-corrected chi connectivity index (χ4v) is 9.45. The van der Waals surface area contributed by atoms with Crippen LogP contribution in [-0.2, 0) is 11.3 Å². The van der Waals surface area contributed by atoms with Crippen molar-refractivity contribution in [2.75, 3.05) is 7.11 Å². The van der Waals surface area contributed by atoms with Gasteiger partial charge in [0, 0.05) is 5.92 Å².